The van der Waals surface area contributed by atoms with Crippen molar-refractivity contribution >= 4 is 27.3 Å². The molecule has 1 aliphatic carbocycles. The van der Waals surface area contributed by atoms with E-state index in [1.54, 1.807) is 38.2 Å². The summed E-state index contributed by atoms with van der Waals surface area (Å²) in [5, 5.41) is 0. The third-order valence-electron chi connectivity index (χ3n) is 6.48. The molecule has 2 aliphatic rings. The number of hydrogen-bond donors (Lipinski definition) is 1. The third-order valence-corrected chi connectivity index (χ3v) is 9.58. The van der Waals surface area contributed by atoms with Crippen molar-refractivity contribution in [3.8, 4) is 5.75 Å². The summed E-state index contributed by atoms with van der Waals surface area (Å²) in [7, 11) is 0.307. The summed E-state index contributed by atoms with van der Waals surface area (Å²) in [4.78, 5) is 21.4. The van der Waals surface area contributed by atoms with E-state index >= 15 is 4.39 Å². The number of aromatic nitrogens is 1. The molecule has 7 nitrogen and oxygen atoms in total. The van der Waals surface area contributed by atoms with Crippen LogP contribution in [-0.4, -0.2) is 50.0 Å². The first-order valence-electron chi connectivity index (χ1n) is 9.84. The number of halogens is 1. The lowest BCUT2D eigenvalue weighted by molar-refractivity contribution is 0.0988. The van der Waals surface area contributed by atoms with Crippen molar-refractivity contribution in [2.75, 3.05) is 14.2 Å². The smallest absolute Gasteiger partial charge is 0.203 e. The largest absolute Gasteiger partial charge is 0.495 e. The van der Waals surface area contributed by atoms with Crippen molar-refractivity contribution in [1.29, 1.82) is 0 Å². The van der Waals surface area contributed by atoms with E-state index in [-0.39, 0.29) is 23.7 Å². The van der Waals surface area contributed by atoms with Gasteiger partial charge in [-0.3, -0.25) is 9.10 Å². The van der Waals surface area contributed by atoms with E-state index in [0.29, 0.717) is 29.8 Å². The number of Topliss-reactive ketones (excluding diaryl/α,β-unsaturated/α-hetero) is 1. The summed E-state index contributed by atoms with van der Waals surface area (Å²) in [6.07, 6.45) is 2.72. The lowest BCUT2D eigenvalue weighted by Gasteiger charge is -2.45. The second-order valence-corrected chi connectivity index (χ2v) is 10.8. The fraction of sp³-hybridized carbons (Fsp3) is 0.364. The van der Waals surface area contributed by atoms with Gasteiger partial charge in [0.15, 0.2) is 5.78 Å². The average molecular weight is 445 g/mol. The molecule has 9 heteroatoms. The van der Waals surface area contributed by atoms with E-state index in [2.05, 4.69) is 15.8 Å². The van der Waals surface area contributed by atoms with Crippen LogP contribution in [0.15, 0.2) is 41.5 Å². The van der Waals surface area contributed by atoms with E-state index in [9.17, 15) is 9.00 Å². The van der Waals surface area contributed by atoms with E-state index in [4.69, 9.17) is 10.5 Å². The van der Waals surface area contributed by atoms with Gasteiger partial charge >= 0.3 is 0 Å². The van der Waals surface area contributed by atoms with Crippen molar-refractivity contribution in [2.24, 2.45) is 10.7 Å². The van der Waals surface area contributed by atoms with Crippen molar-refractivity contribution in [2.45, 2.75) is 36.5 Å². The molecule has 1 aromatic heterocycles. The Morgan fingerprint density at radius 2 is 2.06 bits per heavy atom. The Balaban J connectivity index is 1.72. The summed E-state index contributed by atoms with van der Waals surface area (Å²) in [5.41, 5.74) is 6.07. The van der Waals surface area contributed by atoms with Gasteiger partial charge in [-0.2, -0.15) is 0 Å². The number of ketones is 1. The highest BCUT2D eigenvalue weighted by Crippen LogP contribution is 2.60. The van der Waals surface area contributed by atoms with Gasteiger partial charge in [0.05, 0.1) is 27.8 Å². The molecular formula is C22H25FN4O3S. The first-order chi connectivity index (χ1) is 14.6. The number of nitrogens with zero attached hydrogens (tertiary/aromatic N) is 3. The van der Waals surface area contributed by atoms with Crippen LogP contribution in [-0.2, 0) is 21.7 Å². The van der Waals surface area contributed by atoms with Gasteiger partial charge in [0.1, 0.15) is 22.8 Å². The predicted molar refractivity (Wildman–Crippen MR) is 119 cm³/mol. The number of aliphatic imine (C=N–C) groups is 1. The first kappa shape index (κ1) is 21.3. The normalized spacial score (nSPS) is 26.5. The first-order valence-corrected chi connectivity index (χ1v) is 11.5. The van der Waals surface area contributed by atoms with Crippen LogP contribution in [0.25, 0.3) is 0 Å². The molecule has 31 heavy (non-hydrogen) atoms. The molecule has 1 aliphatic heterocycles. The maximum absolute atomic E-state index is 15.0. The number of guanidine groups is 1. The van der Waals surface area contributed by atoms with E-state index in [0.717, 1.165) is 0 Å². The lowest BCUT2D eigenvalue weighted by Crippen LogP contribution is -2.58. The summed E-state index contributed by atoms with van der Waals surface area (Å²) < 4.78 is 34.2. The van der Waals surface area contributed by atoms with Crippen molar-refractivity contribution in [1.82, 2.24) is 9.29 Å². The molecule has 164 valence electrons. The number of rotatable bonds is 5. The van der Waals surface area contributed by atoms with Gasteiger partial charge < -0.3 is 10.5 Å². The Morgan fingerprint density at radius 1 is 1.35 bits per heavy atom. The molecule has 1 saturated carbocycles. The van der Waals surface area contributed by atoms with Gasteiger partial charge in [-0.1, -0.05) is 6.07 Å². The molecule has 1 aromatic carbocycles. The molecule has 1 spiro atoms. The van der Waals surface area contributed by atoms with Crippen LogP contribution in [0.3, 0.4) is 0 Å². The molecular weight excluding hydrogens is 419 g/mol. The van der Waals surface area contributed by atoms with Crippen molar-refractivity contribution < 1.29 is 18.1 Å². The minimum absolute atomic E-state index is 0.0362. The zero-order valence-electron chi connectivity index (χ0n) is 17.7. The Bertz CT molecular complexity index is 1190. The van der Waals surface area contributed by atoms with Crippen LogP contribution in [0.2, 0.25) is 0 Å². The zero-order chi connectivity index (χ0) is 22.6. The molecule has 1 fully saturated rings. The van der Waals surface area contributed by atoms with Gasteiger partial charge in [-0.25, -0.2) is 18.6 Å². The molecule has 1 unspecified atom stereocenters. The molecule has 2 N–H and O–H groups in total. The van der Waals surface area contributed by atoms with Gasteiger partial charge in [-0.05, 0) is 55.5 Å². The number of benzene rings is 1. The monoisotopic (exact) mass is 444 g/mol. The highest BCUT2D eigenvalue weighted by molar-refractivity contribution is 8.00. The van der Waals surface area contributed by atoms with Crippen LogP contribution in [0.4, 0.5) is 4.39 Å². The number of hydrogen-bond acceptors (Lipinski definition) is 6. The van der Waals surface area contributed by atoms with Crippen LogP contribution < -0.4 is 10.5 Å². The predicted octanol–water partition coefficient (Wildman–Crippen LogP) is 2.29. The Morgan fingerprint density at radius 3 is 2.65 bits per heavy atom. The molecule has 2 aromatic rings. The second-order valence-electron chi connectivity index (χ2n) is 8.17. The van der Waals surface area contributed by atoms with Crippen LogP contribution in [0, 0.1) is 5.82 Å². The van der Waals surface area contributed by atoms with Gasteiger partial charge in [0.25, 0.3) is 0 Å². The third kappa shape index (κ3) is 3.10. The Labute approximate surface area is 181 Å². The summed E-state index contributed by atoms with van der Waals surface area (Å²) in [6.45, 7) is 1.75. The lowest BCUT2D eigenvalue weighted by atomic mass is 9.85. The molecule has 0 saturated heterocycles. The number of pyridine rings is 1. The average Bonchev–Trinajstić information content (AvgIpc) is 3.56. The topological polar surface area (TPSA) is 97.9 Å². The number of methoxy groups -OCH3 is 1. The fourth-order valence-electron chi connectivity index (χ4n) is 4.35. The van der Waals surface area contributed by atoms with Crippen LogP contribution in [0.5, 0.6) is 5.75 Å². The van der Waals surface area contributed by atoms with Crippen LogP contribution >= 0.6 is 0 Å². The van der Waals surface area contributed by atoms with E-state index in [1.807, 2.05) is 0 Å². The zero-order valence-corrected chi connectivity index (χ0v) is 18.5. The Hall–Kier alpha value is -2.94. The number of nitrogens with two attached hydrogens (primary N) is 1. The van der Waals surface area contributed by atoms with Gasteiger partial charge in [0, 0.05) is 19.0 Å². The Kier molecular flexibility index (Phi) is 4.84. The summed E-state index contributed by atoms with van der Waals surface area (Å²) >= 11 is 0. The fourth-order valence-corrected chi connectivity index (χ4v) is 6.73. The number of ether oxygens (including phenoxy) is 1. The van der Waals surface area contributed by atoms with Gasteiger partial charge in [-0.15, -0.1) is 0 Å². The van der Waals surface area contributed by atoms with E-state index < -0.39 is 25.8 Å². The standard InChI is InChI=1S/C22H25FN4O3S/c1-21(22(9-10-22)31(4,29)27(2)20(24)26-21)16-11-14(5-7-17(16)23)12-19(28)18-8-6-15(30-3)13-25-18/h5-8,11,13H,4,9-10,12H2,1-3H3,(H2,24,26)/t21-,31?/m1/s1. The number of carbonyl (C=O) groups excluding carboxylic acids is 1. The maximum Gasteiger partial charge on any atom is 0.203 e. The van der Waals surface area contributed by atoms with E-state index in [1.165, 1.54) is 23.7 Å². The number of carbonyl (C=O) groups is 1. The molecule has 2 atom stereocenters. The molecule has 0 bridgehead atoms. The molecule has 0 radical (unpaired) electrons. The minimum Gasteiger partial charge on any atom is -0.495 e. The van der Waals surface area contributed by atoms with Crippen molar-refractivity contribution in [3.05, 3.63) is 59.2 Å². The molecule has 2 heterocycles. The summed E-state index contributed by atoms with van der Waals surface area (Å²) in [5.74, 6) is 3.87. The maximum atomic E-state index is 15.0. The second kappa shape index (κ2) is 7.05. The highest BCUT2D eigenvalue weighted by atomic mass is 32.2. The van der Waals surface area contributed by atoms with Gasteiger partial charge in [0.2, 0.25) is 5.96 Å². The molecule has 4 rings (SSSR count). The highest BCUT2D eigenvalue weighted by Gasteiger charge is 2.67. The minimum atomic E-state index is -2.81. The van der Waals surface area contributed by atoms with Crippen molar-refractivity contribution in [3.63, 3.8) is 0 Å². The van der Waals surface area contributed by atoms with Crippen LogP contribution in [0.1, 0.15) is 41.4 Å². The quantitative estimate of drug-likeness (QED) is 0.564. The SMILES string of the molecule is C=S1(=O)N(C)C(N)=N[C@](C)(c2cc(CC(=O)c3ccc(OC)cn3)ccc2F)C12CC2. The summed E-state index contributed by atoms with van der Waals surface area (Å²) in [6, 6.07) is 7.75. The molecule has 0 amide bonds.